The first kappa shape index (κ1) is 17.6. The molecular weight excluding hydrogens is 284 g/mol. The summed E-state index contributed by atoms with van der Waals surface area (Å²) in [5.41, 5.74) is 6.80. The van der Waals surface area contributed by atoms with Gasteiger partial charge in [0.1, 0.15) is 0 Å². The molecule has 1 aromatic carbocycles. The molecule has 1 unspecified atom stereocenters. The van der Waals surface area contributed by atoms with Crippen molar-refractivity contribution in [2.24, 2.45) is 11.7 Å². The van der Waals surface area contributed by atoms with Gasteiger partial charge in [0.05, 0.1) is 23.6 Å². The Labute approximate surface area is 132 Å². The Balaban J connectivity index is 2.63. The highest BCUT2D eigenvalue weighted by atomic mass is 32.1. The predicted octanol–water partition coefficient (Wildman–Crippen LogP) is 2.01. The molecule has 0 fully saturated rings. The van der Waals surface area contributed by atoms with Crippen molar-refractivity contribution in [1.82, 2.24) is 4.90 Å². The molecule has 0 aliphatic carbocycles. The molecule has 5 heteroatoms. The number of carbonyl (C=O) groups excluding carboxylic acids is 1. The summed E-state index contributed by atoms with van der Waals surface area (Å²) in [5.74, 6) is -0.523. The van der Waals surface area contributed by atoms with Crippen molar-refractivity contribution in [3.8, 4) is 0 Å². The lowest BCUT2D eigenvalue weighted by Crippen LogP contribution is -2.41. The molecule has 0 heterocycles. The second-order valence-corrected chi connectivity index (χ2v) is 5.80. The first-order chi connectivity index (χ1) is 9.91. The summed E-state index contributed by atoms with van der Waals surface area (Å²) < 4.78 is 5.46. The molecule has 1 rings (SSSR count). The number of hydrogen-bond acceptors (Lipinski definition) is 3. The fraction of sp³-hybridized carbons (Fsp3) is 0.500. The highest BCUT2D eigenvalue weighted by Crippen LogP contribution is 2.12. The van der Waals surface area contributed by atoms with Crippen LogP contribution in [0.1, 0.15) is 19.4 Å². The number of likely N-dealkylation sites (N-methyl/N-ethyl adjacent to an activating group) is 1. The Bertz CT molecular complexity index is 463. The summed E-state index contributed by atoms with van der Waals surface area (Å²) in [7, 11) is 1.75. The maximum Gasteiger partial charge on any atom is 0.232 e. The van der Waals surface area contributed by atoms with Gasteiger partial charge in [-0.3, -0.25) is 4.79 Å². The number of thiocarbonyl (C=S) groups is 1. The van der Waals surface area contributed by atoms with Gasteiger partial charge in [0, 0.05) is 13.6 Å². The van der Waals surface area contributed by atoms with E-state index in [9.17, 15) is 4.79 Å². The number of ether oxygens (including phenoxy) is 1. The van der Waals surface area contributed by atoms with Crippen LogP contribution >= 0.6 is 12.2 Å². The van der Waals surface area contributed by atoms with Crippen LogP contribution < -0.4 is 5.73 Å². The van der Waals surface area contributed by atoms with Crippen LogP contribution in [0.4, 0.5) is 0 Å². The summed E-state index contributed by atoms with van der Waals surface area (Å²) in [6.07, 6.45) is 0.689. The summed E-state index contributed by atoms with van der Waals surface area (Å²) in [6.45, 7) is 4.98. The number of rotatable bonds is 8. The zero-order chi connectivity index (χ0) is 15.8. The maximum absolute atomic E-state index is 12.5. The topological polar surface area (TPSA) is 55.6 Å². The molecule has 0 aliphatic rings. The summed E-state index contributed by atoms with van der Waals surface area (Å²) in [5, 5.41) is 0. The molecule has 1 atom stereocenters. The van der Waals surface area contributed by atoms with E-state index >= 15 is 0 Å². The van der Waals surface area contributed by atoms with Crippen molar-refractivity contribution in [2.45, 2.75) is 26.4 Å². The fourth-order valence-corrected chi connectivity index (χ4v) is 2.15. The third kappa shape index (κ3) is 6.23. The van der Waals surface area contributed by atoms with Gasteiger partial charge in [0.2, 0.25) is 5.91 Å². The molecule has 0 radical (unpaired) electrons. The molecule has 2 N–H and O–H groups in total. The lowest BCUT2D eigenvalue weighted by Gasteiger charge is -2.23. The quantitative estimate of drug-likeness (QED) is 0.747. The van der Waals surface area contributed by atoms with Crippen LogP contribution in [-0.4, -0.2) is 42.1 Å². The van der Waals surface area contributed by atoms with Crippen LogP contribution in [0.15, 0.2) is 30.3 Å². The minimum atomic E-state index is -0.466. The number of amides is 1. The molecule has 0 aliphatic heterocycles. The van der Waals surface area contributed by atoms with Crippen LogP contribution in [-0.2, 0) is 16.0 Å². The van der Waals surface area contributed by atoms with Gasteiger partial charge in [-0.05, 0) is 25.8 Å². The lowest BCUT2D eigenvalue weighted by atomic mass is 9.98. The number of benzene rings is 1. The van der Waals surface area contributed by atoms with E-state index in [-0.39, 0.29) is 17.0 Å². The third-order valence-electron chi connectivity index (χ3n) is 3.18. The minimum absolute atomic E-state index is 0.0568. The molecule has 21 heavy (non-hydrogen) atoms. The van der Waals surface area contributed by atoms with Crippen LogP contribution in [0.25, 0.3) is 0 Å². The van der Waals surface area contributed by atoms with Crippen molar-refractivity contribution in [3.63, 3.8) is 0 Å². The Hall–Kier alpha value is -1.46. The van der Waals surface area contributed by atoms with E-state index < -0.39 is 5.92 Å². The fourth-order valence-electron chi connectivity index (χ4n) is 1.96. The zero-order valence-corrected chi connectivity index (χ0v) is 13.7. The third-order valence-corrected chi connectivity index (χ3v) is 3.46. The highest BCUT2D eigenvalue weighted by molar-refractivity contribution is 7.80. The Morgan fingerprint density at radius 1 is 1.33 bits per heavy atom. The van der Waals surface area contributed by atoms with E-state index in [1.54, 1.807) is 11.9 Å². The predicted molar refractivity (Wildman–Crippen MR) is 89.1 cm³/mol. The van der Waals surface area contributed by atoms with Gasteiger partial charge in [-0.15, -0.1) is 0 Å². The largest absolute Gasteiger partial charge is 0.393 e. The molecule has 0 spiro atoms. The van der Waals surface area contributed by atoms with Crippen LogP contribution in [0.2, 0.25) is 0 Å². The normalized spacial score (nSPS) is 12.2. The molecule has 0 saturated heterocycles. The number of nitrogens with zero attached hydrogens (tertiary/aromatic N) is 1. The summed E-state index contributed by atoms with van der Waals surface area (Å²) in [4.78, 5) is 14.3. The number of hydrogen-bond donors (Lipinski definition) is 1. The molecule has 0 saturated carbocycles. The van der Waals surface area contributed by atoms with Gasteiger partial charge in [0.25, 0.3) is 0 Å². The van der Waals surface area contributed by atoms with E-state index in [0.717, 1.165) is 5.56 Å². The van der Waals surface area contributed by atoms with Crippen LogP contribution in [0, 0.1) is 5.92 Å². The monoisotopic (exact) mass is 308 g/mol. The first-order valence-electron chi connectivity index (χ1n) is 7.11. The number of carbonyl (C=O) groups is 1. The summed E-state index contributed by atoms with van der Waals surface area (Å²) >= 11 is 5.06. The molecule has 1 aromatic rings. The van der Waals surface area contributed by atoms with E-state index in [1.807, 2.05) is 44.2 Å². The minimum Gasteiger partial charge on any atom is -0.393 e. The molecular formula is C16H24N2O2S. The van der Waals surface area contributed by atoms with Gasteiger partial charge in [-0.1, -0.05) is 42.5 Å². The lowest BCUT2D eigenvalue weighted by molar-refractivity contribution is -0.132. The standard InChI is InChI=1S/C16H24N2O2S/c1-12(2)20-10-9-18(3)16(19)14(15(17)21)11-13-7-5-4-6-8-13/h4-8,12,14H,9-11H2,1-3H3,(H2,17,21). The van der Waals surface area contributed by atoms with Gasteiger partial charge in [-0.25, -0.2) is 0 Å². The van der Waals surface area contributed by atoms with E-state index in [4.69, 9.17) is 22.7 Å². The maximum atomic E-state index is 12.5. The van der Waals surface area contributed by atoms with E-state index in [2.05, 4.69) is 0 Å². The Kier molecular flexibility index (Phi) is 7.32. The van der Waals surface area contributed by atoms with E-state index in [1.165, 1.54) is 0 Å². The van der Waals surface area contributed by atoms with Gasteiger partial charge < -0.3 is 15.4 Å². The summed E-state index contributed by atoms with van der Waals surface area (Å²) in [6, 6.07) is 9.77. The van der Waals surface area contributed by atoms with Crippen molar-refractivity contribution >= 4 is 23.1 Å². The second kappa shape index (κ2) is 8.74. The molecule has 116 valence electrons. The van der Waals surface area contributed by atoms with Crippen molar-refractivity contribution in [2.75, 3.05) is 20.2 Å². The number of nitrogens with two attached hydrogens (primary N) is 1. The van der Waals surface area contributed by atoms with Gasteiger partial charge in [-0.2, -0.15) is 0 Å². The van der Waals surface area contributed by atoms with E-state index in [0.29, 0.717) is 19.6 Å². The van der Waals surface area contributed by atoms with Crippen LogP contribution in [0.5, 0.6) is 0 Å². The SMILES string of the molecule is CC(C)OCCN(C)C(=O)C(Cc1ccccc1)C(N)=S. The van der Waals surface area contributed by atoms with Crippen molar-refractivity contribution < 1.29 is 9.53 Å². The van der Waals surface area contributed by atoms with Crippen molar-refractivity contribution in [3.05, 3.63) is 35.9 Å². The average molecular weight is 308 g/mol. The molecule has 0 aromatic heterocycles. The van der Waals surface area contributed by atoms with Crippen LogP contribution in [0.3, 0.4) is 0 Å². The second-order valence-electron chi connectivity index (χ2n) is 5.32. The Morgan fingerprint density at radius 3 is 2.48 bits per heavy atom. The zero-order valence-electron chi connectivity index (χ0n) is 12.9. The van der Waals surface area contributed by atoms with Gasteiger partial charge >= 0.3 is 0 Å². The highest BCUT2D eigenvalue weighted by Gasteiger charge is 2.24. The molecule has 1 amide bonds. The smallest absolute Gasteiger partial charge is 0.232 e. The Morgan fingerprint density at radius 2 is 1.95 bits per heavy atom. The van der Waals surface area contributed by atoms with Crippen molar-refractivity contribution in [1.29, 1.82) is 0 Å². The average Bonchev–Trinajstić information content (AvgIpc) is 2.44. The van der Waals surface area contributed by atoms with Gasteiger partial charge in [0.15, 0.2) is 0 Å². The molecule has 0 bridgehead atoms. The molecule has 4 nitrogen and oxygen atoms in total. The first-order valence-corrected chi connectivity index (χ1v) is 7.52.